The predicted molar refractivity (Wildman–Crippen MR) is 88.1 cm³/mol. The lowest BCUT2D eigenvalue weighted by atomic mass is 10.1. The van der Waals surface area contributed by atoms with Crippen molar-refractivity contribution in [2.45, 2.75) is 24.5 Å². The molecule has 1 aliphatic heterocycles. The van der Waals surface area contributed by atoms with Crippen LogP contribution in [0.3, 0.4) is 0 Å². The Bertz CT molecular complexity index is 871. The molecule has 1 saturated heterocycles. The van der Waals surface area contributed by atoms with E-state index in [-0.39, 0.29) is 0 Å². The molecule has 130 valence electrons. The average molecular weight is 343 g/mol. The normalized spacial score (nSPS) is 26.2. The molecule has 0 bridgehead atoms. The molecule has 3 aromatic rings. The Morgan fingerprint density at radius 2 is 1.88 bits per heavy atom. The highest BCUT2D eigenvalue weighted by atomic mass is 16.6. The molecular weight excluding hydrogens is 326 g/mol. The summed E-state index contributed by atoms with van der Waals surface area (Å²) in [5, 5.41) is 32.5. The van der Waals surface area contributed by atoms with Gasteiger partial charge in [-0.2, -0.15) is 0 Å². The lowest BCUT2D eigenvalue weighted by molar-refractivity contribution is -0.0511. The summed E-state index contributed by atoms with van der Waals surface area (Å²) < 4.78 is 7.06. The van der Waals surface area contributed by atoms with Gasteiger partial charge in [-0.25, -0.2) is 15.0 Å². The summed E-state index contributed by atoms with van der Waals surface area (Å²) in [5.74, 6) is 0.515. The third-order valence-corrected chi connectivity index (χ3v) is 4.19. The number of aliphatic hydroxyl groups excluding tert-OH is 3. The highest BCUT2D eigenvalue weighted by Gasteiger charge is 2.44. The summed E-state index contributed by atoms with van der Waals surface area (Å²) in [6.07, 6.45) is -1.28. The fraction of sp³-hybridized carbons (Fsp3) is 0.312. The van der Waals surface area contributed by atoms with E-state index in [1.165, 1.54) is 17.2 Å². The van der Waals surface area contributed by atoms with E-state index < -0.39 is 31.1 Å². The van der Waals surface area contributed by atoms with Gasteiger partial charge < -0.3 is 25.4 Å². The number of benzene rings is 1. The van der Waals surface area contributed by atoms with Crippen LogP contribution in [0.2, 0.25) is 0 Å². The van der Waals surface area contributed by atoms with Crippen molar-refractivity contribution < 1.29 is 20.1 Å². The Labute approximate surface area is 142 Å². The molecule has 1 unspecified atom stereocenters. The number of aromatic nitrogens is 4. The first-order chi connectivity index (χ1) is 12.2. The van der Waals surface area contributed by atoms with Gasteiger partial charge in [0, 0.05) is 5.69 Å². The maximum Gasteiger partial charge on any atom is 0.167 e. The molecule has 4 atom stereocenters. The Morgan fingerprint density at radius 1 is 1.08 bits per heavy atom. The van der Waals surface area contributed by atoms with Gasteiger partial charge in [0.2, 0.25) is 0 Å². The molecule has 9 nitrogen and oxygen atoms in total. The number of hydrogen-bond acceptors (Lipinski definition) is 8. The molecule has 3 heterocycles. The minimum absolute atomic E-state index is 0.392. The van der Waals surface area contributed by atoms with Crippen LogP contribution in [0, 0.1) is 0 Å². The molecule has 2 aromatic heterocycles. The largest absolute Gasteiger partial charge is 0.394 e. The number of hydrogen-bond donors (Lipinski definition) is 4. The highest BCUT2D eigenvalue weighted by molar-refractivity contribution is 5.85. The van der Waals surface area contributed by atoms with Crippen molar-refractivity contribution in [3.05, 3.63) is 43.0 Å². The summed E-state index contributed by atoms with van der Waals surface area (Å²) in [5.41, 5.74) is 1.80. The maximum absolute atomic E-state index is 10.2. The second-order valence-corrected chi connectivity index (χ2v) is 5.77. The number of anilines is 2. The second-order valence-electron chi connectivity index (χ2n) is 5.77. The number of para-hydroxylation sites is 1. The van der Waals surface area contributed by atoms with Crippen molar-refractivity contribution in [1.82, 2.24) is 19.5 Å². The minimum Gasteiger partial charge on any atom is -0.394 e. The van der Waals surface area contributed by atoms with Gasteiger partial charge >= 0.3 is 0 Å². The van der Waals surface area contributed by atoms with Gasteiger partial charge in [-0.1, -0.05) is 18.2 Å². The van der Waals surface area contributed by atoms with Gasteiger partial charge in [0.1, 0.15) is 24.6 Å². The Balaban J connectivity index is 1.70. The number of imidazole rings is 1. The van der Waals surface area contributed by atoms with Crippen molar-refractivity contribution in [3.8, 4) is 0 Å². The molecule has 0 saturated carbocycles. The van der Waals surface area contributed by atoms with E-state index in [1.807, 2.05) is 30.3 Å². The van der Waals surface area contributed by atoms with Crippen molar-refractivity contribution in [2.75, 3.05) is 11.9 Å². The zero-order valence-corrected chi connectivity index (χ0v) is 13.1. The van der Waals surface area contributed by atoms with E-state index >= 15 is 0 Å². The van der Waals surface area contributed by atoms with Crippen LogP contribution in [0.5, 0.6) is 0 Å². The molecule has 0 spiro atoms. The van der Waals surface area contributed by atoms with Crippen LogP contribution in [0.15, 0.2) is 43.0 Å². The highest BCUT2D eigenvalue weighted by Crippen LogP contribution is 2.32. The van der Waals surface area contributed by atoms with Gasteiger partial charge in [0.25, 0.3) is 0 Å². The number of rotatable bonds is 4. The fourth-order valence-electron chi connectivity index (χ4n) is 2.90. The Morgan fingerprint density at radius 3 is 2.60 bits per heavy atom. The van der Waals surface area contributed by atoms with Crippen molar-refractivity contribution in [3.63, 3.8) is 0 Å². The number of aliphatic hydroxyl groups is 3. The van der Waals surface area contributed by atoms with Crippen LogP contribution >= 0.6 is 0 Å². The van der Waals surface area contributed by atoms with E-state index in [2.05, 4.69) is 20.3 Å². The zero-order valence-electron chi connectivity index (χ0n) is 13.1. The molecule has 9 heteroatoms. The molecule has 0 amide bonds. The van der Waals surface area contributed by atoms with Crippen LogP contribution in [0.25, 0.3) is 11.2 Å². The van der Waals surface area contributed by atoms with Crippen LogP contribution in [0.4, 0.5) is 11.5 Å². The number of ether oxygens (including phenoxy) is 1. The number of nitrogens with zero attached hydrogens (tertiary/aromatic N) is 4. The van der Waals surface area contributed by atoms with Gasteiger partial charge in [0.05, 0.1) is 12.9 Å². The topological polar surface area (TPSA) is 126 Å². The SMILES string of the molecule is OC[C@H]1O[C@@H](n2cnc3c(Nc4ccccc4)ncnc32)C(O)[C@H]1O. The van der Waals surface area contributed by atoms with E-state index in [0.29, 0.717) is 17.0 Å². The van der Waals surface area contributed by atoms with Crippen LogP contribution in [-0.2, 0) is 4.74 Å². The first-order valence-electron chi connectivity index (χ1n) is 7.81. The lowest BCUT2D eigenvalue weighted by Crippen LogP contribution is -2.33. The van der Waals surface area contributed by atoms with E-state index in [9.17, 15) is 15.3 Å². The maximum atomic E-state index is 10.2. The van der Waals surface area contributed by atoms with Crippen LogP contribution < -0.4 is 5.32 Å². The van der Waals surface area contributed by atoms with Crippen molar-refractivity contribution in [1.29, 1.82) is 0 Å². The molecule has 4 N–H and O–H groups in total. The first-order valence-corrected chi connectivity index (χ1v) is 7.81. The Kier molecular flexibility index (Phi) is 4.06. The first kappa shape index (κ1) is 15.9. The number of fused-ring (bicyclic) bond motifs is 1. The summed E-state index contributed by atoms with van der Waals surface area (Å²) >= 11 is 0. The average Bonchev–Trinajstić information content (AvgIpc) is 3.18. The second kappa shape index (κ2) is 6.37. The molecular formula is C16H17N5O4. The van der Waals surface area contributed by atoms with E-state index in [0.717, 1.165) is 5.69 Å². The van der Waals surface area contributed by atoms with Crippen LogP contribution in [0.1, 0.15) is 6.23 Å². The monoisotopic (exact) mass is 343 g/mol. The van der Waals surface area contributed by atoms with Crippen LogP contribution in [-0.4, -0.2) is 59.8 Å². The number of nitrogens with one attached hydrogen (secondary N) is 1. The molecule has 1 aliphatic rings. The summed E-state index contributed by atoms with van der Waals surface area (Å²) in [4.78, 5) is 12.7. The quantitative estimate of drug-likeness (QED) is 0.529. The third kappa shape index (κ3) is 2.72. The standard InChI is InChI=1S/C16H17N5O4/c22-6-10-12(23)13(24)16(25-10)21-8-19-11-14(17-7-18-15(11)21)20-9-4-2-1-3-5-9/h1-5,7-8,10,12-13,16,22-24H,6H2,(H,17,18,20)/t10-,12+,13?,16-/m1/s1. The molecule has 25 heavy (non-hydrogen) atoms. The summed E-state index contributed by atoms with van der Waals surface area (Å²) in [6.45, 7) is -0.392. The predicted octanol–water partition coefficient (Wildman–Crippen LogP) is 0.181. The van der Waals surface area contributed by atoms with Gasteiger partial charge in [-0.3, -0.25) is 4.57 Å². The van der Waals surface area contributed by atoms with E-state index in [1.54, 1.807) is 0 Å². The van der Waals surface area contributed by atoms with Gasteiger partial charge in [-0.15, -0.1) is 0 Å². The lowest BCUT2D eigenvalue weighted by Gasteiger charge is -2.16. The smallest absolute Gasteiger partial charge is 0.167 e. The van der Waals surface area contributed by atoms with Gasteiger partial charge in [0.15, 0.2) is 23.2 Å². The summed E-state index contributed by atoms with van der Waals surface area (Å²) in [7, 11) is 0. The molecule has 0 radical (unpaired) electrons. The van der Waals surface area contributed by atoms with Crippen molar-refractivity contribution >= 4 is 22.7 Å². The molecule has 4 rings (SSSR count). The zero-order chi connectivity index (χ0) is 17.4. The molecule has 0 aliphatic carbocycles. The minimum atomic E-state index is -1.20. The third-order valence-electron chi connectivity index (χ3n) is 4.19. The molecule has 1 aromatic carbocycles. The summed E-state index contributed by atoms with van der Waals surface area (Å²) in [6, 6.07) is 9.52. The van der Waals surface area contributed by atoms with Gasteiger partial charge in [-0.05, 0) is 12.1 Å². The fourth-order valence-corrected chi connectivity index (χ4v) is 2.90. The molecule has 1 fully saturated rings. The van der Waals surface area contributed by atoms with Crippen molar-refractivity contribution in [2.24, 2.45) is 0 Å². The Hall–Kier alpha value is -2.59. The van der Waals surface area contributed by atoms with E-state index in [4.69, 9.17) is 4.74 Å².